The van der Waals surface area contributed by atoms with Gasteiger partial charge in [-0.3, -0.25) is 9.10 Å². The fourth-order valence-electron chi connectivity index (χ4n) is 3.37. The quantitative estimate of drug-likeness (QED) is 0.337. The highest BCUT2D eigenvalue weighted by atomic mass is 32.2. The zero-order chi connectivity index (χ0) is 27.9. The number of carbonyl (C=O) groups is 1. The Balaban J connectivity index is 1.65. The molecule has 10 nitrogen and oxygen atoms in total. The number of hydrogen-bond donors (Lipinski definition) is 1. The van der Waals surface area contributed by atoms with Crippen LogP contribution in [0.15, 0.2) is 82.6 Å². The van der Waals surface area contributed by atoms with Crippen LogP contribution in [0.1, 0.15) is 5.56 Å². The summed E-state index contributed by atoms with van der Waals surface area (Å²) in [4.78, 5) is 12.9. The molecule has 0 aromatic heterocycles. The van der Waals surface area contributed by atoms with Gasteiger partial charge in [-0.15, -0.1) is 0 Å². The molecule has 3 rings (SSSR count). The van der Waals surface area contributed by atoms with Gasteiger partial charge >= 0.3 is 0 Å². The van der Waals surface area contributed by atoms with Crippen molar-refractivity contribution >= 4 is 31.6 Å². The third-order valence-electron chi connectivity index (χ3n) is 5.55. The van der Waals surface area contributed by atoms with Crippen LogP contribution in [-0.2, 0) is 24.8 Å². The van der Waals surface area contributed by atoms with Crippen LogP contribution in [0.2, 0.25) is 0 Å². The highest BCUT2D eigenvalue weighted by molar-refractivity contribution is 7.92. The summed E-state index contributed by atoms with van der Waals surface area (Å²) in [6.07, 6.45) is 0. The second-order valence-corrected chi connectivity index (χ2v) is 12.5. The number of methoxy groups -OCH3 is 1. The summed E-state index contributed by atoms with van der Waals surface area (Å²) in [6, 6.07) is 18.7. The molecule has 0 spiro atoms. The molecule has 3 aromatic rings. The molecule has 0 saturated carbocycles. The van der Waals surface area contributed by atoms with E-state index in [4.69, 9.17) is 9.47 Å². The van der Waals surface area contributed by atoms with Crippen LogP contribution in [0.5, 0.6) is 11.5 Å². The van der Waals surface area contributed by atoms with Gasteiger partial charge in [0.05, 0.1) is 29.1 Å². The van der Waals surface area contributed by atoms with Gasteiger partial charge in [0.2, 0.25) is 15.9 Å². The molecule has 12 heteroatoms. The minimum atomic E-state index is -4.05. The zero-order valence-electron chi connectivity index (χ0n) is 21.6. The number of anilines is 1. The first-order valence-corrected chi connectivity index (χ1v) is 14.5. The molecule has 1 N–H and O–H groups in total. The van der Waals surface area contributed by atoms with Crippen LogP contribution < -0.4 is 19.1 Å². The first-order chi connectivity index (χ1) is 17.9. The molecule has 0 aliphatic carbocycles. The SMILES string of the molecule is COc1ccc(S(=O)(=O)N(CC(=O)NCCOc2ccc(S(=O)(=O)N(C)C)cc2)c2ccc(C)cc2)cc1. The number of ether oxygens (including phenoxy) is 2. The van der Waals surface area contributed by atoms with Gasteiger partial charge in [-0.1, -0.05) is 17.7 Å². The molecule has 38 heavy (non-hydrogen) atoms. The van der Waals surface area contributed by atoms with Crippen molar-refractivity contribution in [2.24, 2.45) is 0 Å². The van der Waals surface area contributed by atoms with Crippen LogP contribution in [0, 0.1) is 6.92 Å². The monoisotopic (exact) mass is 561 g/mol. The van der Waals surface area contributed by atoms with Crippen molar-refractivity contribution in [2.45, 2.75) is 16.7 Å². The van der Waals surface area contributed by atoms with E-state index in [9.17, 15) is 21.6 Å². The van der Waals surface area contributed by atoms with Gasteiger partial charge < -0.3 is 14.8 Å². The van der Waals surface area contributed by atoms with E-state index in [1.807, 2.05) is 6.92 Å². The predicted molar refractivity (Wildman–Crippen MR) is 145 cm³/mol. The van der Waals surface area contributed by atoms with E-state index in [1.54, 1.807) is 36.4 Å². The van der Waals surface area contributed by atoms with Crippen LogP contribution in [0.3, 0.4) is 0 Å². The Morgan fingerprint density at radius 3 is 1.84 bits per heavy atom. The maximum absolute atomic E-state index is 13.4. The molecule has 0 heterocycles. The predicted octanol–water partition coefficient (Wildman–Crippen LogP) is 2.64. The molecule has 0 aliphatic heterocycles. The molecule has 3 aromatic carbocycles. The lowest BCUT2D eigenvalue weighted by Gasteiger charge is -2.24. The Morgan fingerprint density at radius 2 is 1.32 bits per heavy atom. The fourth-order valence-corrected chi connectivity index (χ4v) is 5.69. The normalized spacial score (nSPS) is 11.7. The maximum atomic E-state index is 13.4. The molecule has 0 fully saturated rings. The van der Waals surface area contributed by atoms with E-state index >= 15 is 0 Å². The van der Waals surface area contributed by atoms with E-state index in [1.165, 1.54) is 57.6 Å². The smallest absolute Gasteiger partial charge is 0.264 e. The summed E-state index contributed by atoms with van der Waals surface area (Å²) >= 11 is 0. The van der Waals surface area contributed by atoms with Gasteiger partial charge in [0.1, 0.15) is 24.7 Å². The number of rotatable bonds is 12. The lowest BCUT2D eigenvalue weighted by molar-refractivity contribution is -0.119. The number of nitrogens with one attached hydrogen (secondary N) is 1. The van der Waals surface area contributed by atoms with Crippen LogP contribution in [-0.4, -0.2) is 67.9 Å². The summed E-state index contributed by atoms with van der Waals surface area (Å²) in [5, 5.41) is 2.66. The second kappa shape index (κ2) is 12.3. The van der Waals surface area contributed by atoms with Gasteiger partial charge in [-0.05, 0) is 67.6 Å². The summed E-state index contributed by atoms with van der Waals surface area (Å²) in [5.74, 6) is 0.427. The minimum absolute atomic E-state index is 0.0229. The molecule has 0 bridgehead atoms. The number of benzene rings is 3. The van der Waals surface area contributed by atoms with Crippen molar-refractivity contribution in [3.05, 3.63) is 78.4 Å². The summed E-state index contributed by atoms with van der Waals surface area (Å²) in [5.41, 5.74) is 1.30. The van der Waals surface area contributed by atoms with E-state index in [-0.39, 0.29) is 22.9 Å². The largest absolute Gasteiger partial charge is 0.497 e. The summed E-state index contributed by atoms with van der Waals surface area (Å²) < 4.78 is 64.1. The molecular weight excluding hydrogens is 530 g/mol. The summed E-state index contributed by atoms with van der Waals surface area (Å²) in [6.45, 7) is 1.66. The van der Waals surface area contributed by atoms with E-state index in [0.29, 0.717) is 17.2 Å². The Hall–Kier alpha value is -3.61. The van der Waals surface area contributed by atoms with Gasteiger partial charge in [-0.2, -0.15) is 0 Å². The molecule has 0 unspecified atom stereocenters. The fraction of sp³-hybridized carbons (Fsp3) is 0.269. The van der Waals surface area contributed by atoms with Gasteiger partial charge in [0.15, 0.2) is 0 Å². The molecule has 0 radical (unpaired) electrons. The maximum Gasteiger partial charge on any atom is 0.264 e. The van der Waals surface area contributed by atoms with Crippen LogP contribution in [0.25, 0.3) is 0 Å². The number of amides is 1. The number of hydrogen-bond acceptors (Lipinski definition) is 7. The van der Waals surface area contributed by atoms with Gasteiger partial charge in [0.25, 0.3) is 10.0 Å². The standard InChI is InChI=1S/C26H31N3O7S2/c1-20-5-7-21(8-6-20)29(38(33,34)25-13-9-22(35-4)10-14-25)19-26(30)27-17-18-36-23-11-15-24(16-12-23)37(31,32)28(2)3/h5-16H,17-19H2,1-4H3,(H,27,30). The second-order valence-electron chi connectivity index (χ2n) is 8.48. The van der Waals surface area contributed by atoms with E-state index < -0.39 is 32.5 Å². The van der Waals surface area contributed by atoms with Crippen molar-refractivity contribution in [3.63, 3.8) is 0 Å². The van der Waals surface area contributed by atoms with Crippen molar-refractivity contribution in [3.8, 4) is 11.5 Å². The van der Waals surface area contributed by atoms with Crippen molar-refractivity contribution in [1.82, 2.24) is 9.62 Å². The zero-order valence-corrected chi connectivity index (χ0v) is 23.3. The highest BCUT2D eigenvalue weighted by Gasteiger charge is 2.27. The number of aryl methyl sites for hydroxylation is 1. The molecule has 204 valence electrons. The molecular formula is C26H31N3O7S2. The Kier molecular flexibility index (Phi) is 9.36. The van der Waals surface area contributed by atoms with Crippen molar-refractivity contribution in [2.75, 3.05) is 45.2 Å². The van der Waals surface area contributed by atoms with E-state index in [2.05, 4.69) is 5.32 Å². The van der Waals surface area contributed by atoms with Crippen LogP contribution >= 0.6 is 0 Å². The van der Waals surface area contributed by atoms with E-state index in [0.717, 1.165) is 14.2 Å². The Labute approximate surface area is 223 Å². The average Bonchev–Trinajstić information content (AvgIpc) is 2.90. The third kappa shape index (κ3) is 7.03. The van der Waals surface area contributed by atoms with Gasteiger partial charge in [0, 0.05) is 14.1 Å². The first-order valence-electron chi connectivity index (χ1n) is 11.6. The Morgan fingerprint density at radius 1 is 0.789 bits per heavy atom. The van der Waals surface area contributed by atoms with Gasteiger partial charge in [-0.25, -0.2) is 21.1 Å². The van der Waals surface area contributed by atoms with Crippen molar-refractivity contribution < 1.29 is 31.1 Å². The number of carbonyl (C=O) groups excluding carboxylic acids is 1. The molecule has 0 atom stereocenters. The third-order valence-corrected chi connectivity index (χ3v) is 9.17. The Bertz CT molecular complexity index is 1440. The lowest BCUT2D eigenvalue weighted by Crippen LogP contribution is -2.41. The molecule has 1 amide bonds. The lowest BCUT2D eigenvalue weighted by atomic mass is 10.2. The molecule has 0 saturated heterocycles. The van der Waals surface area contributed by atoms with Crippen LogP contribution in [0.4, 0.5) is 5.69 Å². The minimum Gasteiger partial charge on any atom is -0.497 e. The highest BCUT2D eigenvalue weighted by Crippen LogP contribution is 2.25. The summed E-state index contributed by atoms with van der Waals surface area (Å²) in [7, 11) is -3.21. The topological polar surface area (TPSA) is 122 Å². The number of sulfonamides is 2. The molecule has 0 aliphatic rings. The number of nitrogens with zero attached hydrogens (tertiary/aromatic N) is 2. The van der Waals surface area contributed by atoms with Crippen molar-refractivity contribution in [1.29, 1.82) is 0 Å². The average molecular weight is 562 g/mol. The first kappa shape index (κ1) is 29.0.